The van der Waals surface area contributed by atoms with Crippen LogP contribution in [0.2, 0.25) is 0 Å². The Morgan fingerprint density at radius 3 is 2.83 bits per heavy atom. The number of hydroxylamine groups is 1. The summed E-state index contributed by atoms with van der Waals surface area (Å²) in [7, 11) is 0. The zero-order valence-corrected chi connectivity index (χ0v) is 3.22. The molecule has 0 atom stereocenters. The molecule has 0 saturated carbocycles. The van der Waals surface area contributed by atoms with E-state index < -0.39 is 0 Å². The fraction of sp³-hybridized carbons (Fsp3) is 0.333. The summed E-state index contributed by atoms with van der Waals surface area (Å²) in [6.07, 6.45) is 3.33. The first kappa shape index (κ1) is 3.64. The molecule has 3 nitrogen and oxygen atoms in total. The van der Waals surface area contributed by atoms with E-state index in [4.69, 9.17) is 5.84 Å². The number of hydrogen-bond acceptors (Lipinski definition) is 2. The molecule has 1 aliphatic heterocycles. The van der Waals surface area contributed by atoms with E-state index in [0.29, 0.717) is 6.61 Å². The highest BCUT2D eigenvalue weighted by molar-refractivity contribution is 4.80. The van der Waals surface area contributed by atoms with E-state index in [1.165, 1.54) is 0 Å². The molecule has 1 heterocycles. The zero-order chi connectivity index (χ0) is 4.41. The summed E-state index contributed by atoms with van der Waals surface area (Å²) in [5, 5.41) is 0.931. The van der Waals surface area contributed by atoms with Gasteiger partial charge in [0.15, 0.2) is 0 Å². The van der Waals surface area contributed by atoms with Gasteiger partial charge in [-0.15, -0.1) is 5.84 Å². The molecular weight excluding hydrogens is 80.0 g/mol. The molecule has 1 aliphatic rings. The van der Waals surface area contributed by atoms with Crippen LogP contribution in [0.15, 0.2) is 12.3 Å². The van der Waals surface area contributed by atoms with Crippen molar-refractivity contribution < 1.29 is 4.84 Å². The van der Waals surface area contributed by atoms with E-state index in [1.807, 2.05) is 0 Å². The number of hydrogen-bond donors (Lipinski definition) is 0. The van der Waals surface area contributed by atoms with Gasteiger partial charge in [0.1, 0.15) is 0 Å². The van der Waals surface area contributed by atoms with Gasteiger partial charge in [0, 0.05) is 6.20 Å². The van der Waals surface area contributed by atoms with Crippen LogP contribution >= 0.6 is 0 Å². The molecule has 0 unspecified atom stereocenters. The molecule has 0 bridgehead atoms. The second-order valence-electron chi connectivity index (χ2n) is 1.01. The third kappa shape index (κ3) is 0.502. The average Bonchev–Trinajstić information content (AvgIpc) is 1.86. The maximum Gasteiger partial charge on any atom is 0.0966 e. The standard InChI is InChI=1S/C3H5N2O/c4-5-2-1-3-6-5/h1-2,4H,3H2. The quantitative estimate of drug-likeness (QED) is 0.413. The van der Waals surface area contributed by atoms with Crippen LogP contribution in [0.3, 0.4) is 0 Å². The smallest absolute Gasteiger partial charge is 0.0966 e. The van der Waals surface area contributed by atoms with E-state index >= 15 is 0 Å². The van der Waals surface area contributed by atoms with Gasteiger partial charge in [-0.1, -0.05) is 0 Å². The minimum atomic E-state index is 0.545. The van der Waals surface area contributed by atoms with Gasteiger partial charge in [0.05, 0.1) is 6.61 Å². The molecule has 0 amide bonds. The highest BCUT2D eigenvalue weighted by Crippen LogP contribution is 1.92. The Morgan fingerprint density at radius 1 is 1.83 bits per heavy atom. The zero-order valence-electron chi connectivity index (χ0n) is 3.22. The van der Waals surface area contributed by atoms with Crippen molar-refractivity contribution in [1.29, 1.82) is 0 Å². The van der Waals surface area contributed by atoms with Gasteiger partial charge in [0.2, 0.25) is 0 Å². The van der Waals surface area contributed by atoms with Crippen LogP contribution in [-0.4, -0.2) is 11.8 Å². The Balaban J connectivity index is 2.38. The highest BCUT2D eigenvalue weighted by atomic mass is 16.7. The lowest BCUT2D eigenvalue weighted by Gasteiger charge is -1.99. The molecule has 1 radical (unpaired) electrons. The topological polar surface area (TPSA) is 36.3 Å². The summed E-state index contributed by atoms with van der Waals surface area (Å²) >= 11 is 0. The SMILES string of the molecule is [NH]N1C=CCO1. The van der Waals surface area contributed by atoms with Crippen molar-refractivity contribution in [2.45, 2.75) is 0 Å². The summed E-state index contributed by atoms with van der Waals surface area (Å²) in [5.41, 5.74) is 0. The molecule has 0 aromatic carbocycles. The molecule has 33 valence electrons. The summed E-state index contributed by atoms with van der Waals surface area (Å²) in [6.45, 7) is 0.545. The van der Waals surface area contributed by atoms with E-state index in [2.05, 4.69) is 4.84 Å². The molecule has 1 N–H and O–H groups in total. The molecule has 0 aromatic heterocycles. The average molecular weight is 85.1 g/mol. The van der Waals surface area contributed by atoms with Gasteiger partial charge < -0.3 is 0 Å². The molecular formula is C3H5N2O. The Morgan fingerprint density at radius 2 is 2.67 bits per heavy atom. The summed E-state index contributed by atoms with van der Waals surface area (Å²) < 4.78 is 0. The van der Waals surface area contributed by atoms with Crippen molar-refractivity contribution in [3.63, 3.8) is 0 Å². The summed E-state index contributed by atoms with van der Waals surface area (Å²) in [6, 6.07) is 0. The lowest BCUT2D eigenvalue weighted by atomic mass is 10.7. The fourth-order valence-electron chi connectivity index (χ4n) is 0.305. The molecule has 1 rings (SSSR count). The van der Waals surface area contributed by atoms with Crippen molar-refractivity contribution in [1.82, 2.24) is 11.0 Å². The summed E-state index contributed by atoms with van der Waals surface area (Å²) in [4.78, 5) is 4.54. The molecule has 0 spiro atoms. The predicted octanol–water partition coefficient (Wildman–Crippen LogP) is -0.0548. The normalized spacial score (nSPS) is 19.8. The van der Waals surface area contributed by atoms with Crippen LogP contribution in [0.5, 0.6) is 0 Å². The van der Waals surface area contributed by atoms with Crippen molar-refractivity contribution in [3.8, 4) is 0 Å². The van der Waals surface area contributed by atoms with E-state index in [-0.39, 0.29) is 0 Å². The van der Waals surface area contributed by atoms with Crippen LogP contribution in [0.25, 0.3) is 0 Å². The third-order valence-corrected chi connectivity index (χ3v) is 0.551. The second-order valence-corrected chi connectivity index (χ2v) is 1.01. The lowest BCUT2D eigenvalue weighted by Crippen LogP contribution is -2.07. The fourth-order valence-corrected chi connectivity index (χ4v) is 0.305. The summed E-state index contributed by atoms with van der Waals surface area (Å²) in [5.74, 6) is 6.66. The van der Waals surface area contributed by atoms with Gasteiger partial charge in [-0.05, 0) is 6.08 Å². The first-order valence-corrected chi connectivity index (χ1v) is 1.69. The Bertz CT molecular complexity index is 71.2. The van der Waals surface area contributed by atoms with Gasteiger partial charge >= 0.3 is 0 Å². The molecule has 6 heavy (non-hydrogen) atoms. The number of rotatable bonds is 0. The maximum atomic E-state index is 6.66. The monoisotopic (exact) mass is 85.0 g/mol. The van der Waals surface area contributed by atoms with E-state index in [1.54, 1.807) is 12.3 Å². The number of nitrogens with zero attached hydrogens (tertiary/aromatic N) is 1. The third-order valence-electron chi connectivity index (χ3n) is 0.551. The molecule has 0 saturated heterocycles. The number of nitrogens with one attached hydrogen (secondary N) is 1. The van der Waals surface area contributed by atoms with Gasteiger partial charge in [-0.2, -0.15) is 5.17 Å². The van der Waals surface area contributed by atoms with Gasteiger partial charge in [0.25, 0.3) is 0 Å². The van der Waals surface area contributed by atoms with Crippen LogP contribution < -0.4 is 5.84 Å². The Hall–Kier alpha value is -0.540. The van der Waals surface area contributed by atoms with Crippen LogP contribution in [-0.2, 0) is 4.84 Å². The molecule has 3 heteroatoms. The largest absolute Gasteiger partial charge is 0.253 e. The van der Waals surface area contributed by atoms with E-state index in [9.17, 15) is 0 Å². The first-order valence-electron chi connectivity index (χ1n) is 1.69. The second kappa shape index (κ2) is 1.28. The predicted molar refractivity (Wildman–Crippen MR) is 20.0 cm³/mol. The van der Waals surface area contributed by atoms with E-state index in [0.717, 1.165) is 5.17 Å². The minimum Gasteiger partial charge on any atom is -0.253 e. The lowest BCUT2D eigenvalue weighted by molar-refractivity contribution is -0.0994. The van der Waals surface area contributed by atoms with Gasteiger partial charge in [-0.3, -0.25) is 4.84 Å². The highest BCUT2D eigenvalue weighted by Gasteiger charge is 1.94. The first-order chi connectivity index (χ1) is 2.89. The molecule has 0 aliphatic carbocycles. The Kier molecular flexibility index (Phi) is 0.777. The van der Waals surface area contributed by atoms with Gasteiger partial charge in [-0.25, -0.2) is 0 Å². The molecule has 0 aromatic rings. The van der Waals surface area contributed by atoms with Crippen molar-refractivity contribution in [2.24, 2.45) is 0 Å². The van der Waals surface area contributed by atoms with Crippen molar-refractivity contribution in [2.75, 3.05) is 6.61 Å². The minimum absolute atomic E-state index is 0.545. The molecule has 0 fully saturated rings. The maximum absolute atomic E-state index is 6.66. The van der Waals surface area contributed by atoms with Crippen molar-refractivity contribution in [3.05, 3.63) is 12.3 Å². The Labute approximate surface area is 35.9 Å². The van der Waals surface area contributed by atoms with Crippen molar-refractivity contribution >= 4 is 0 Å². The van der Waals surface area contributed by atoms with Crippen LogP contribution in [0, 0.1) is 0 Å². The van der Waals surface area contributed by atoms with Crippen LogP contribution in [0.4, 0.5) is 0 Å². The van der Waals surface area contributed by atoms with Crippen LogP contribution in [0.1, 0.15) is 0 Å².